The fourth-order valence-electron chi connectivity index (χ4n) is 2.89. The lowest BCUT2D eigenvalue weighted by Gasteiger charge is -2.24. The Morgan fingerprint density at radius 2 is 1.93 bits per heavy atom. The monoisotopic (exact) mass is 365 g/mol. The molecule has 7 nitrogen and oxygen atoms in total. The Morgan fingerprint density at radius 1 is 1.15 bits per heavy atom. The molecule has 0 bridgehead atoms. The molecule has 3 rings (SSSR count). The first-order valence-electron chi connectivity index (χ1n) is 8.79. The number of pyridine rings is 1. The summed E-state index contributed by atoms with van der Waals surface area (Å²) in [6.45, 7) is 0.988. The summed E-state index contributed by atoms with van der Waals surface area (Å²) in [6, 6.07) is 11.6. The van der Waals surface area contributed by atoms with Gasteiger partial charge in [-0.15, -0.1) is 10.2 Å². The number of aryl methyl sites for hydroxylation is 2. The summed E-state index contributed by atoms with van der Waals surface area (Å²) in [4.78, 5) is 18.9. The van der Waals surface area contributed by atoms with E-state index in [-0.39, 0.29) is 5.91 Å². The minimum atomic E-state index is 0.0562. The second-order valence-corrected chi connectivity index (χ2v) is 6.28. The van der Waals surface area contributed by atoms with E-state index in [1.807, 2.05) is 52.9 Å². The number of carbonyl (C=O) groups excluding carboxylic acids is 1. The first-order valence-corrected chi connectivity index (χ1v) is 8.79. The zero-order chi connectivity index (χ0) is 19.1. The van der Waals surface area contributed by atoms with Gasteiger partial charge >= 0.3 is 0 Å². The van der Waals surface area contributed by atoms with Crippen LogP contribution in [0.15, 0.2) is 55.1 Å². The van der Waals surface area contributed by atoms with E-state index in [1.54, 1.807) is 25.8 Å². The molecule has 0 aliphatic carbocycles. The third-order valence-electron chi connectivity index (χ3n) is 4.40. The van der Waals surface area contributed by atoms with Crippen molar-refractivity contribution in [2.75, 3.05) is 7.11 Å². The summed E-state index contributed by atoms with van der Waals surface area (Å²) in [7, 11) is 3.52. The maximum atomic E-state index is 13.0. The third-order valence-corrected chi connectivity index (χ3v) is 4.40. The second kappa shape index (κ2) is 8.93. The summed E-state index contributed by atoms with van der Waals surface area (Å²) in [5, 5.41) is 7.92. The Balaban J connectivity index is 1.76. The van der Waals surface area contributed by atoms with Crippen LogP contribution in [0.1, 0.15) is 23.4 Å². The highest BCUT2D eigenvalue weighted by Gasteiger charge is 2.17. The molecule has 2 heterocycles. The van der Waals surface area contributed by atoms with Crippen LogP contribution in [0, 0.1) is 0 Å². The van der Waals surface area contributed by atoms with Gasteiger partial charge in [0.1, 0.15) is 17.9 Å². The van der Waals surface area contributed by atoms with Gasteiger partial charge in [-0.2, -0.15) is 0 Å². The standard InChI is InChI=1S/C20H23N5O2/c1-24-15-22-23-19(24)7-8-20(26)25(13-16-9-11-21-12-10-16)14-17-5-3-4-6-18(17)27-2/h3-6,9-12,15H,7-8,13-14H2,1-2H3. The van der Waals surface area contributed by atoms with Crippen molar-refractivity contribution in [3.05, 3.63) is 72.1 Å². The SMILES string of the molecule is COc1ccccc1CN(Cc1ccncc1)C(=O)CCc1nncn1C. The molecular weight excluding hydrogens is 342 g/mol. The van der Waals surface area contributed by atoms with Crippen LogP contribution in [0.25, 0.3) is 0 Å². The Morgan fingerprint density at radius 3 is 2.63 bits per heavy atom. The number of carbonyl (C=O) groups is 1. The molecular formula is C20H23N5O2. The lowest BCUT2D eigenvalue weighted by Crippen LogP contribution is -2.30. The molecule has 0 aliphatic heterocycles. The molecule has 140 valence electrons. The highest BCUT2D eigenvalue weighted by molar-refractivity contribution is 5.76. The fourth-order valence-corrected chi connectivity index (χ4v) is 2.89. The number of benzene rings is 1. The van der Waals surface area contributed by atoms with Crippen molar-refractivity contribution < 1.29 is 9.53 Å². The normalized spacial score (nSPS) is 10.6. The third kappa shape index (κ3) is 4.91. The lowest BCUT2D eigenvalue weighted by atomic mass is 10.1. The van der Waals surface area contributed by atoms with Crippen LogP contribution < -0.4 is 4.74 Å². The number of hydrogen-bond donors (Lipinski definition) is 0. The van der Waals surface area contributed by atoms with E-state index < -0.39 is 0 Å². The molecule has 0 radical (unpaired) electrons. The molecule has 1 aromatic carbocycles. The summed E-state index contributed by atoms with van der Waals surface area (Å²) >= 11 is 0. The van der Waals surface area contributed by atoms with E-state index in [4.69, 9.17) is 4.74 Å². The van der Waals surface area contributed by atoms with Gasteiger partial charge in [-0.05, 0) is 23.8 Å². The second-order valence-electron chi connectivity index (χ2n) is 6.28. The van der Waals surface area contributed by atoms with Gasteiger partial charge in [-0.25, -0.2) is 0 Å². The van der Waals surface area contributed by atoms with Gasteiger partial charge in [-0.3, -0.25) is 9.78 Å². The van der Waals surface area contributed by atoms with Crippen LogP contribution >= 0.6 is 0 Å². The maximum Gasteiger partial charge on any atom is 0.223 e. The maximum absolute atomic E-state index is 13.0. The average molecular weight is 365 g/mol. The number of rotatable bonds is 8. The Kier molecular flexibility index (Phi) is 6.14. The predicted octanol–water partition coefficient (Wildman–Crippen LogP) is 2.38. The number of aromatic nitrogens is 4. The van der Waals surface area contributed by atoms with Crippen LogP contribution in [0.3, 0.4) is 0 Å². The number of hydrogen-bond acceptors (Lipinski definition) is 5. The molecule has 0 saturated heterocycles. The van der Waals surface area contributed by atoms with Gasteiger partial charge in [0.2, 0.25) is 5.91 Å². The minimum absolute atomic E-state index is 0.0562. The average Bonchev–Trinajstić information content (AvgIpc) is 3.11. The summed E-state index contributed by atoms with van der Waals surface area (Å²) < 4.78 is 7.28. The molecule has 2 aromatic heterocycles. The van der Waals surface area contributed by atoms with Gasteiger partial charge < -0.3 is 14.2 Å². The number of nitrogens with zero attached hydrogens (tertiary/aromatic N) is 5. The van der Waals surface area contributed by atoms with Crippen LogP contribution in [0.4, 0.5) is 0 Å². The first kappa shape index (κ1) is 18.6. The highest BCUT2D eigenvalue weighted by Crippen LogP contribution is 2.21. The van der Waals surface area contributed by atoms with E-state index in [2.05, 4.69) is 15.2 Å². The summed E-state index contributed by atoms with van der Waals surface area (Å²) in [6.07, 6.45) is 6.03. The Bertz CT molecular complexity index is 879. The molecule has 0 atom stereocenters. The first-order chi connectivity index (χ1) is 13.2. The van der Waals surface area contributed by atoms with Crippen LogP contribution in [0.2, 0.25) is 0 Å². The van der Waals surface area contributed by atoms with Crippen molar-refractivity contribution in [2.24, 2.45) is 7.05 Å². The van der Waals surface area contributed by atoms with Gasteiger partial charge in [0.15, 0.2) is 0 Å². The number of amides is 1. The summed E-state index contributed by atoms with van der Waals surface area (Å²) in [5.74, 6) is 1.63. The molecule has 0 saturated carbocycles. The minimum Gasteiger partial charge on any atom is -0.496 e. The quantitative estimate of drug-likeness (QED) is 0.613. The van der Waals surface area contributed by atoms with Crippen molar-refractivity contribution in [1.82, 2.24) is 24.6 Å². The Labute approximate surface area is 158 Å². The Hall–Kier alpha value is -3.22. The molecule has 7 heteroatoms. The highest BCUT2D eigenvalue weighted by atomic mass is 16.5. The predicted molar refractivity (Wildman–Crippen MR) is 101 cm³/mol. The molecule has 0 fully saturated rings. The molecule has 0 N–H and O–H groups in total. The van der Waals surface area contributed by atoms with Crippen molar-refractivity contribution in [1.29, 1.82) is 0 Å². The van der Waals surface area contributed by atoms with Crippen molar-refractivity contribution >= 4 is 5.91 Å². The number of methoxy groups -OCH3 is 1. The van der Waals surface area contributed by atoms with E-state index in [9.17, 15) is 4.79 Å². The zero-order valence-corrected chi connectivity index (χ0v) is 15.6. The lowest BCUT2D eigenvalue weighted by molar-refractivity contribution is -0.132. The van der Waals surface area contributed by atoms with E-state index in [0.717, 1.165) is 22.7 Å². The van der Waals surface area contributed by atoms with Crippen LogP contribution in [0.5, 0.6) is 5.75 Å². The van der Waals surface area contributed by atoms with Gasteiger partial charge in [-0.1, -0.05) is 18.2 Å². The summed E-state index contributed by atoms with van der Waals surface area (Å²) in [5.41, 5.74) is 2.01. The van der Waals surface area contributed by atoms with E-state index in [0.29, 0.717) is 25.9 Å². The van der Waals surface area contributed by atoms with E-state index in [1.165, 1.54) is 0 Å². The van der Waals surface area contributed by atoms with Crippen LogP contribution in [-0.4, -0.2) is 37.7 Å². The molecule has 27 heavy (non-hydrogen) atoms. The van der Waals surface area contributed by atoms with Crippen molar-refractivity contribution in [3.63, 3.8) is 0 Å². The molecule has 0 aliphatic rings. The smallest absolute Gasteiger partial charge is 0.223 e. The topological polar surface area (TPSA) is 73.1 Å². The van der Waals surface area contributed by atoms with Crippen LogP contribution in [-0.2, 0) is 31.4 Å². The molecule has 1 amide bonds. The molecule has 0 spiro atoms. The molecule has 3 aromatic rings. The van der Waals surface area contributed by atoms with Crippen molar-refractivity contribution in [3.8, 4) is 5.75 Å². The number of ether oxygens (including phenoxy) is 1. The fraction of sp³-hybridized carbons (Fsp3) is 0.300. The molecule has 0 unspecified atom stereocenters. The van der Waals surface area contributed by atoms with Gasteiger partial charge in [0.05, 0.1) is 7.11 Å². The zero-order valence-electron chi connectivity index (χ0n) is 15.6. The van der Waals surface area contributed by atoms with Gasteiger partial charge in [0, 0.05) is 50.9 Å². The van der Waals surface area contributed by atoms with Crippen molar-refractivity contribution in [2.45, 2.75) is 25.9 Å². The largest absolute Gasteiger partial charge is 0.496 e. The number of para-hydroxylation sites is 1. The van der Waals surface area contributed by atoms with E-state index >= 15 is 0 Å². The van der Waals surface area contributed by atoms with Gasteiger partial charge in [0.25, 0.3) is 0 Å².